The van der Waals surface area contributed by atoms with Gasteiger partial charge in [0.2, 0.25) is 0 Å². The van der Waals surface area contributed by atoms with Gasteiger partial charge in [-0.3, -0.25) is 19.2 Å². The van der Waals surface area contributed by atoms with Crippen molar-refractivity contribution in [2.24, 2.45) is 23.7 Å². The summed E-state index contributed by atoms with van der Waals surface area (Å²) in [5.41, 5.74) is 0.0925. The van der Waals surface area contributed by atoms with Crippen LogP contribution in [0.2, 0.25) is 20.1 Å². The summed E-state index contributed by atoms with van der Waals surface area (Å²) in [5.74, 6) is -3.66. The summed E-state index contributed by atoms with van der Waals surface area (Å²) in [6, 6.07) is 8.54. The van der Waals surface area contributed by atoms with E-state index in [1.165, 1.54) is 36.4 Å². The highest BCUT2D eigenvalue weighted by Crippen LogP contribution is 2.60. The van der Waals surface area contributed by atoms with Gasteiger partial charge in [-0.25, -0.2) is 5.01 Å². The Bertz CT molecular complexity index is 1290. The van der Waals surface area contributed by atoms with Gasteiger partial charge in [0.1, 0.15) is 6.54 Å². The van der Waals surface area contributed by atoms with Crippen molar-refractivity contribution in [3.05, 3.63) is 67.6 Å². The topological polar surface area (TPSA) is 74.8 Å². The standard InChI is InChI=1S/C24H16Br2Cl4N2O4/c25-20-13-7-14(21(20)26)19-18(13)23(35)32(24(19)36)31(22(34)12-4-2-10(28)6-16(12)30)8-17(33)11-3-1-9(27)5-15(11)29/h1-6,13-14,18-21H,7-8H2/t13-,14-,18-,19-,20+,21+/m1/s1. The number of carbonyl (C=O) groups excluding carboxylic acids is 4. The maximum Gasteiger partial charge on any atom is 0.274 e. The molecule has 1 saturated heterocycles. The van der Waals surface area contributed by atoms with Crippen LogP contribution in [0.4, 0.5) is 0 Å². The van der Waals surface area contributed by atoms with E-state index in [0.717, 1.165) is 16.4 Å². The average molecular weight is 698 g/mol. The molecule has 1 aliphatic heterocycles. The number of Topliss-reactive ketones (excluding diaryl/α,β-unsaturated/α-hetero) is 1. The molecule has 188 valence electrons. The first-order valence-electron chi connectivity index (χ1n) is 10.9. The summed E-state index contributed by atoms with van der Waals surface area (Å²) >= 11 is 31.7. The number of nitrogens with zero attached hydrogens (tertiary/aromatic N) is 2. The fraction of sp³-hybridized carbons (Fsp3) is 0.333. The number of fused-ring (bicyclic) bond motifs is 5. The molecule has 3 amide bonds. The van der Waals surface area contributed by atoms with Crippen molar-refractivity contribution < 1.29 is 19.2 Å². The van der Waals surface area contributed by atoms with Crippen LogP contribution in [0.25, 0.3) is 0 Å². The molecule has 2 saturated carbocycles. The van der Waals surface area contributed by atoms with Crippen LogP contribution >= 0.6 is 78.3 Å². The minimum atomic E-state index is -0.782. The first kappa shape index (κ1) is 26.4. The van der Waals surface area contributed by atoms with E-state index in [2.05, 4.69) is 31.9 Å². The maximum absolute atomic E-state index is 13.7. The summed E-state index contributed by atoms with van der Waals surface area (Å²) in [7, 11) is 0. The van der Waals surface area contributed by atoms with E-state index in [9.17, 15) is 19.2 Å². The molecule has 2 bridgehead atoms. The first-order chi connectivity index (χ1) is 17.0. The molecule has 6 nitrogen and oxygen atoms in total. The van der Waals surface area contributed by atoms with Crippen LogP contribution in [-0.2, 0) is 9.59 Å². The number of alkyl halides is 2. The normalized spacial score (nSPS) is 28.6. The number of amides is 3. The maximum atomic E-state index is 13.7. The van der Waals surface area contributed by atoms with Crippen molar-refractivity contribution in [3.63, 3.8) is 0 Å². The molecule has 36 heavy (non-hydrogen) atoms. The fourth-order valence-corrected chi connectivity index (χ4v) is 8.42. The van der Waals surface area contributed by atoms with E-state index in [-0.39, 0.29) is 42.7 Å². The van der Waals surface area contributed by atoms with Crippen LogP contribution in [0.3, 0.4) is 0 Å². The Labute approximate surface area is 243 Å². The molecule has 5 rings (SSSR count). The molecule has 0 unspecified atom stereocenters. The summed E-state index contributed by atoms with van der Waals surface area (Å²) in [5, 5.41) is 2.45. The molecule has 0 radical (unpaired) electrons. The van der Waals surface area contributed by atoms with E-state index in [0.29, 0.717) is 10.0 Å². The van der Waals surface area contributed by atoms with Crippen LogP contribution in [0, 0.1) is 23.7 Å². The second-order valence-electron chi connectivity index (χ2n) is 9.03. The van der Waals surface area contributed by atoms with Gasteiger partial charge in [0, 0.05) is 25.3 Å². The molecule has 6 atom stereocenters. The van der Waals surface area contributed by atoms with Gasteiger partial charge in [-0.2, -0.15) is 5.01 Å². The lowest BCUT2D eigenvalue weighted by Crippen LogP contribution is -2.52. The summed E-state index contributed by atoms with van der Waals surface area (Å²) in [6.07, 6.45) is 0.725. The van der Waals surface area contributed by atoms with Crippen molar-refractivity contribution in [1.82, 2.24) is 10.0 Å². The predicted octanol–water partition coefficient (Wildman–Crippen LogP) is 6.32. The number of carbonyl (C=O) groups is 4. The van der Waals surface area contributed by atoms with E-state index < -0.39 is 41.9 Å². The molecule has 2 aromatic carbocycles. The first-order valence-corrected chi connectivity index (χ1v) is 14.3. The number of hydrogen-bond donors (Lipinski definition) is 0. The number of hydrazine groups is 1. The monoisotopic (exact) mass is 694 g/mol. The molecule has 3 fully saturated rings. The van der Waals surface area contributed by atoms with Crippen LogP contribution in [-0.4, -0.2) is 49.7 Å². The lowest BCUT2D eigenvalue weighted by Gasteiger charge is -2.31. The van der Waals surface area contributed by atoms with Gasteiger partial charge in [-0.15, -0.1) is 0 Å². The zero-order valence-electron chi connectivity index (χ0n) is 18.1. The number of benzene rings is 2. The van der Waals surface area contributed by atoms with Gasteiger partial charge in [0.25, 0.3) is 17.7 Å². The quantitative estimate of drug-likeness (QED) is 0.208. The Morgan fingerprint density at radius 1 is 0.833 bits per heavy atom. The van der Waals surface area contributed by atoms with Gasteiger partial charge in [0.15, 0.2) is 5.78 Å². The Hall–Kier alpha value is -1.16. The second-order valence-corrected chi connectivity index (χ2v) is 12.8. The molecule has 0 aromatic heterocycles. The third kappa shape index (κ3) is 4.22. The zero-order chi connectivity index (χ0) is 26.0. The van der Waals surface area contributed by atoms with Crippen molar-refractivity contribution in [3.8, 4) is 0 Å². The van der Waals surface area contributed by atoms with Gasteiger partial charge in [-0.1, -0.05) is 78.3 Å². The lowest BCUT2D eigenvalue weighted by molar-refractivity contribution is -0.154. The van der Waals surface area contributed by atoms with Crippen molar-refractivity contribution in [1.29, 1.82) is 0 Å². The summed E-state index contributed by atoms with van der Waals surface area (Å²) in [4.78, 5) is 54.3. The van der Waals surface area contributed by atoms with Gasteiger partial charge < -0.3 is 0 Å². The number of rotatable bonds is 5. The van der Waals surface area contributed by atoms with Crippen LogP contribution in [0.5, 0.6) is 0 Å². The van der Waals surface area contributed by atoms with Gasteiger partial charge in [0.05, 0.1) is 27.4 Å². The summed E-state index contributed by atoms with van der Waals surface area (Å²) < 4.78 is 0. The third-order valence-corrected chi connectivity index (χ3v) is 11.4. The minimum absolute atomic E-state index is 0.00608. The Morgan fingerprint density at radius 3 is 1.78 bits per heavy atom. The van der Waals surface area contributed by atoms with Gasteiger partial charge in [-0.05, 0) is 54.7 Å². The molecular formula is C24H16Br2Cl4N2O4. The number of ketones is 1. The van der Waals surface area contributed by atoms with Crippen molar-refractivity contribution in [2.45, 2.75) is 16.1 Å². The molecule has 2 aromatic rings. The molecule has 3 aliphatic rings. The van der Waals surface area contributed by atoms with Gasteiger partial charge >= 0.3 is 0 Å². The van der Waals surface area contributed by atoms with E-state index >= 15 is 0 Å². The largest absolute Gasteiger partial charge is 0.292 e. The zero-order valence-corrected chi connectivity index (χ0v) is 24.3. The molecular weight excluding hydrogens is 682 g/mol. The van der Waals surface area contributed by atoms with Crippen molar-refractivity contribution in [2.75, 3.05) is 6.54 Å². The Kier molecular flexibility index (Phi) is 7.24. The highest BCUT2D eigenvalue weighted by molar-refractivity contribution is 9.12. The predicted molar refractivity (Wildman–Crippen MR) is 144 cm³/mol. The third-order valence-electron chi connectivity index (χ3n) is 7.13. The summed E-state index contributed by atoms with van der Waals surface area (Å²) in [6.45, 7) is -0.610. The smallest absolute Gasteiger partial charge is 0.274 e. The Balaban J connectivity index is 1.54. The number of halogens is 6. The number of imide groups is 1. The lowest BCUT2D eigenvalue weighted by atomic mass is 9.81. The SMILES string of the molecule is O=C(CN(C(=O)c1ccc(Cl)cc1Cl)N1C(=O)[C@@H]2[C@H]3C[C@@H]([C@H](Br)[C@H]3Br)[C@H]2C1=O)c1ccc(Cl)cc1Cl. The highest BCUT2D eigenvalue weighted by Gasteiger charge is 2.67. The number of hydrogen-bond acceptors (Lipinski definition) is 4. The van der Waals surface area contributed by atoms with E-state index in [1.54, 1.807) is 0 Å². The Morgan fingerprint density at radius 2 is 1.31 bits per heavy atom. The van der Waals surface area contributed by atoms with Crippen molar-refractivity contribution >= 4 is 102 Å². The van der Waals surface area contributed by atoms with E-state index in [1.807, 2.05) is 0 Å². The molecule has 2 aliphatic carbocycles. The minimum Gasteiger partial charge on any atom is -0.292 e. The molecule has 0 spiro atoms. The van der Waals surface area contributed by atoms with Crippen LogP contribution in [0.1, 0.15) is 27.1 Å². The van der Waals surface area contributed by atoms with Crippen LogP contribution < -0.4 is 0 Å². The molecule has 12 heteroatoms. The fourth-order valence-electron chi connectivity index (χ4n) is 5.54. The highest BCUT2D eigenvalue weighted by atomic mass is 79.9. The van der Waals surface area contributed by atoms with Crippen LogP contribution in [0.15, 0.2) is 36.4 Å². The average Bonchev–Trinajstić information content (AvgIpc) is 3.42. The molecule has 0 N–H and O–H groups in total. The second kappa shape index (κ2) is 9.86. The molecule has 1 heterocycles. The van der Waals surface area contributed by atoms with E-state index in [4.69, 9.17) is 46.4 Å².